The second-order valence-electron chi connectivity index (χ2n) is 5.70. The van der Waals surface area contributed by atoms with Crippen LogP contribution >= 0.6 is 27.3 Å². The molecule has 0 aliphatic carbocycles. The normalized spacial score (nSPS) is 21.4. The van der Waals surface area contributed by atoms with Crippen LogP contribution in [0.3, 0.4) is 0 Å². The average Bonchev–Trinajstić information content (AvgIpc) is 2.91. The second-order valence-corrected chi connectivity index (χ2v) is 8.13. The highest BCUT2D eigenvalue weighted by Crippen LogP contribution is 2.33. The smallest absolute Gasteiger partial charge is 0.294 e. The van der Waals surface area contributed by atoms with E-state index in [0.717, 1.165) is 37.0 Å². The maximum Gasteiger partial charge on any atom is 0.294 e. The Morgan fingerprint density at radius 2 is 2.26 bits per heavy atom. The van der Waals surface area contributed by atoms with Gasteiger partial charge in [-0.3, -0.25) is 14.9 Å². The molecule has 1 aromatic rings. The number of carbonyl (C=O) groups excluding carboxylic acids is 1. The van der Waals surface area contributed by atoms with Crippen LogP contribution in [-0.2, 0) is 4.74 Å². The van der Waals surface area contributed by atoms with Crippen LogP contribution in [0.5, 0.6) is 0 Å². The Bertz CT molecular complexity index is 574. The summed E-state index contributed by atoms with van der Waals surface area (Å²) in [7, 11) is 0. The molecule has 0 aromatic carbocycles. The van der Waals surface area contributed by atoms with Crippen LogP contribution < -0.4 is 5.32 Å². The van der Waals surface area contributed by atoms with Crippen LogP contribution in [0.1, 0.15) is 49.2 Å². The lowest BCUT2D eigenvalue weighted by atomic mass is 9.89. The fourth-order valence-corrected chi connectivity index (χ4v) is 4.46. The molecular weight excluding hydrogens is 384 g/mol. The molecule has 8 heteroatoms. The SMILES string of the molecule is CCC(CC)[C@H]1C[C@@H](NC(=O)c2sc(Br)cc2[N+](=O)[O-])CCO1. The van der Waals surface area contributed by atoms with Gasteiger partial charge in [0.05, 0.1) is 14.8 Å². The highest BCUT2D eigenvalue weighted by Gasteiger charge is 2.31. The van der Waals surface area contributed by atoms with Crippen molar-refractivity contribution < 1.29 is 14.5 Å². The lowest BCUT2D eigenvalue weighted by molar-refractivity contribution is -0.384. The first-order valence-electron chi connectivity index (χ1n) is 7.82. The number of halogens is 1. The van der Waals surface area contributed by atoms with Crippen LogP contribution in [-0.4, -0.2) is 29.6 Å². The summed E-state index contributed by atoms with van der Waals surface area (Å²) in [4.78, 5) is 23.1. The Labute approximate surface area is 147 Å². The Hall–Kier alpha value is -0.990. The molecule has 2 atom stereocenters. The zero-order valence-electron chi connectivity index (χ0n) is 13.2. The van der Waals surface area contributed by atoms with Crippen molar-refractivity contribution >= 4 is 38.9 Å². The van der Waals surface area contributed by atoms with Gasteiger partial charge in [0.2, 0.25) is 0 Å². The molecule has 1 aromatic heterocycles. The number of nitro groups is 1. The number of amides is 1. The molecule has 2 rings (SSSR count). The average molecular weight is 405 g/mol. The van der Waals surface area contributed by atoms with Crippen LogP contribution in [0.15, 0.2) is 9.85 Å². The van der Waals surface area contributed by atoms with Gasteiger partial charge in [0.15, 0.2) is 4.88 Å². The standard InChI is InChI=1S/C15H21BrN2O4S/c1-3-9(4-2)12-7-10(5-6-22-12)17-15(19)14-11(18(20)21)8-13(16)23-14/h8-10,12H,3-7H2,1-2H3,(H,17,19)/t10-,12+/m0/s1. The van der Waals surface area contributed by atoms with E-state index >= 15 is 0 Å². The van der Waals surface area contributed by atoms with Gasteiger partial charge < -0.3 is 10.1 Å². The summed E-state index contributed by atoms with van der Waals surface area (Å²) in [5, 5.41) is 14.0. The maximum absolute atomic E-state index is 12.4. The third-order valence-electron chi connectivity index (χ3n) is 4.31. The number of nitrogens with one attached hydrogen (secondary N) is 1. The zero-order chi connectivity index (χ0) is 17.0. The molecule has 23 heavy (non-hydrogen) atoms. The summed E-state index contributed by atoms with van der Waals surface area (Å²) in [5.74, 6) is 0.113. The third kappa shape index (κ3) is 4.51. The number of ether oxygens (including phenoxy) is 1. The summed E-state index contributed by atoms with van der Waals surface area (Å²) in [6.45, 7) is 4.90. The summed E-state index contributed by atoms with van der Waals surface area (Å²) in [5.41, 5.74) is -0.150. The van der Waals surface area contributed by atoms with Gasteiger partial charge in [-0.1, -0.05) is 26.7 Å². The molecule has 1 fully saturated rings. The van der Waals surface area contributed by atoms with Crippen molar-refractivity contribution in [3.05, 3.63) is 24.8 Å². The molecule has 0 radical (unpaired) electrons. The van der Waals surface area contributed by atoms with E-state index in [1.54, 1.807) is 0 Å². The van der Waals surface area contributed by atoms with Crippen molar-refractivity contribution in [3.63, 3.8) is 0 Å². The molecule has 1 amide bonds. The van der Waals surface area contributed by atoms with Gasteiger partial charge in [-0.05, 0) is 34.7 Å². The minimum Gasteiger partial charge on any atom is -0.378 e. The van der Waals surface area contributed by atoms with E-state index in [4.69, 9.17) is 4.74 Å². The van der Waals surface area contributed by atoms with Gasteiger partial charge in [-0.25, -0.2) is 0 Å². The number of carbonyl (C=O) groups is 1. The van der Waals surface area contributed by atoms with Gasteiger partial charge in [-0.15, -0.1) is 11.3 Å². The molecule has 6 nitrogen and oxygen atoms in total. The molecule has 0 saturated carbocycles. The Balaban J connectivity index is 2.04. The molecule has 1 saturated heterocycles. The predicted molar refractivity (Wildman–Crippen MR) is 93.0 cm³/mol. The molecule has 0 unspecified atom stereocenters. The van der Waals surface area contributed by atoms with E-state index in [0.29, 0.717) is 16.3 Å². The minimum atomic E-state index is -0.521. The van der Waals surface area contributed by atoms with E-state index in [2.05, 4.69) is 35.1 Å². The highest BCUT2D eigenvalue weighted by atomic mass is 79.9. The van der Waals surface area contributed by atoms with Crippen molar-refractivity contribution in [2.75, 3.05) is 6.61 Å². The van der Waals surface area contributed by atoms with Crippen LogP contribution in [0.2, 0.25) is 0 Å². The molecule has 128 valence electrons. The number of hydrogen-bond donors (Lipinski definition) is 1. The maximum atomic E-state index is 12.4. The van der Waals surface area contributed by atoms with Gasteiger partial charge in [0.1, 0.15) is 0 Å². The van der Waals surface area contributed by atoms with Crippen molar-refractivity contribution in [2.45, 2.75) is 51.7 Å². The van der Waals surface area contributed by atoms with Crippen LogP contribution in [0.4, 0.5) is 5.69 Å². The van der Waals surface area contributed by atoms with Gasteiger partial charge >= 0.3 is 0 Å². The van der Waals surface area contributed by atoms with Crippen LogP contribution in [0, 0.1) is 16.0 Å². The van der Waals surface area contributed by atoms with E-state index in [9.17, 15) is 14.9 Å². The van der Waals surface area contributed by atoms with Crippen molar-refractivity contribution in [1.82, 2.24) is 5.32 Å². The van der Waals surface area contributed by atoms with Gasteiger partial charge in [0.25, 0.3) is 11.6 Å². The van der Waals surface area contributed by atoms with E-state index < -0.39 is 4.92 Å². The van der Waals surface area contributed by atoms with E-state index in [1.807, 2.05) is 0 Å². The fourth-order valence-electron chi connectivity index (χ4n) is 3.00. The summed E-state index contributed by atoms with van der Waals surface area (Å²) < 4.78 is 6.42. The molecule has 2 heterocycles. The third-order valence-corrected chi connectivity index (χ3v) is 5.94. The monoisotopic (exact) mass is 404 g/mol. The minimum absolute atomic E-state index is 0.00216. The second kappa shape index (κ2) is 8.21. The van der Waals surface area contributed by atoms with Gasteiger partial charge in [0, 0.05) is 18.7 Å². The number of nitrogens with zero attached hydrogens (tertiary/aromatic N) is 1. The number of hydrogen-bond acceptors (Lipinski definition) is 5. The molecule has 0 spiro atoms. The Kier molecular flexibility index (Phi) is 6.55. The van der Waals surface area contributed by atoms with Crippen molar-refractivity contribution in [2.24, 2.45) is 5.92 Å². The molecule has 0 bridgehead atoms. The number of thiophene rings is 1. The summed E-state index contributed by atoms with van der Waals surface area (Å²) >= 11 is 4.29. The molecule has 1 aliphatic heterocycles. The summed E-state index contributed by atoms with van der Waals surface area (Å²) in [6, 6.07) is 1.37. The first kappa shape index (κ1) is 18.4. The lowest BCUT2D eigenvalue weighted by Gasteiger charge is -2.34. The van der Waals surface area contributed by atoms with Crippen molar-refractivity contribution in [1.29, 1.82) is 0 Å². The lowest BCUT2D eigenvalue weighted by Crippen LogP contribution is -2.44. The molecule has 1 N–H and O–H groups in total. The number of rotatable bonds is 6. The van der Waals surface area contributed by atoms with Gasteiger partial charge in [-0.2, -0.15) is 0 Å². The summed E-state index contributed by atoms with van der Waals surface area (Å²) in [6.07, 6.45) is 3.74. The Morgan fingerprint density at radius 1 is 1.57 bits per heavy atom. The fraction of sp³-hybridized carbons (Fsp3) is 0.667. The van der Waals surface area contributed by atoms with Crippen molar-refractivity contribution in [3.8, 4) is 0 Å². The van der Waals surface area contributed by atoms with E-state index in [1.165, 1.54) is 6.07 Å². The largest absolute Gasteiger partial charge is 0.378 e. The quantitative estimate of drug-likeness (QED) is 0.570. The molecular formula is C15H21BrN2O4S. The highest BCUT2D eigenvalue weighted by molar-refractivity contribution is 9.11. The predicted octanol–water partition coefficient (Wildman–Crippen LogP) is 4.13. The Morgan fingerprint density at radius 3 is 2.87 bits per heavy atom. The first-order valence-corrected chi connectivity index (χ1v) is 9.43. The topological polar surface area (TPSA) is 81.5 Å². The molecule has 1 aliphatic rings. The zero-order valence-corrected chi connectivity index (χ0v) is 15.6. The van der Waals surface area contributed by atoms with E-state index in [-0.39, 0.29) is 28.6 Å². The first-order chi connectivity index (χ1) is 11.0. The van der Waals surface area contributed by atoms with Crippen LogP contribution in [0.25, 0.3) is 0 Å².